The highest BCUT2D eigenvalue weighted by atomic mass is 16.5. The lowest BCUT2D eigenvalue weighted by atomic mass is 9.88. The van der Waals surface area contributed by atoms with Gasteiger partial charge >= 0.3 is 0 Å². The predicted octanol–water partition coefficient (Wildman–Crippen LogP) is 8.92. The van der Waals surface area contributed by atoms with E-state index in [2.05, 4.69) is 128 Å². The van der Waals surface area contributed by atoms with Crippen molar-refractivity contribution in [1.29, 1.82) is 0 Å². The summed E-state index contributed by atoms with van der Waals surface area (Å²) in [7, 11) is 0. The molecule has 0 amide bonds. The summed E-state index contributed by atoms with van der Waals surface area (Å²) >= 11 is 0. The molecule has 0 saturated carbocycles. The summed E-state index contributed by atoms with van der Waals surface area (Å²) in [5, 5.41) is 7.62. The zero-order chi connectivity index (χ0) is 29.9. The molecule has 3 nitrogen and oxygen atoms in total. The largest absolute Gasteiger partial charge is 0.381 e. The van der Waals surface area contributed by atoms with Gasteiger partial charge in [-0.05, 0) is 112 Å². The van der Waals surface area contributed by atoms with E-state index in [1.165, 1.54) is 41.5 Å². The standard InChI is InChI=1S/C37H62N2O/c1-34(2,3)27-32-18-14-30(15-19-32)13-11-12-25-38-36(7,8)23-24-37(9,10)39-28-33-20-16-31(17-21-33)22-26-40-29-35(4,5)6/h14-21,38-39H,11-13,22-29H2,1-10H3. The number of rotatable bonds is 17. The summed E-state index contributed by atoms with van der Waals surface area (Å²) in [6, 6.07) is 18.3. The van der Waals surface area contributed by atoms with Crippen molar-refractivity contribution < 1.29 is 4.74 Å². The van der Waals surface area contributed by atoms with Gasteiger partial charge in [-0.15, -0.1) is 0 Å². The molecule has 0 unspecified atom stereocenters. The van der Waals surface area contributed by atoms with Crippen LogP contribution in [0.1, 0.15) is 117 Å². The van der Waals surface area contributed by atoms with Crippen LogP contribution in [0.5, 0.6) is 0 Å². The number of aryl methyl sites for hydroxylation is 1. The number of benzene rings is 2. The molecule has 0 aliphatic heterocycles. The average Bonchev–Trinajstić information content (AvgIpc) is 2.84. The highest BCUT2D eigenvalue weighted by Gasteiger charge is 2.23. The van der Waals surface area contributed by atoms with Crippen molar-refractivity contribution in [1.82, 2.24) is 10.6 Å². The molecule has 0 aliphatic carbocycles. The van der Waals surface area contributed by atoms with Crippen molar-refractivity contribution in [3.8, 4) is 0 Å². The Morgan fingerprint density at radius 2 is 1.05 bits per heavy atom. The Balaban J connectivity index is 1.63. The van der Waals surface area contributed by atoms with E-state index in [-0.39, 0.29) is 16.5 Å². The summed E-state index contributed by atoms with van der Waals surface area (Å²) < 4.78 is 5.83. The third-order valence-electron chi connectivity index (χ3n) is 7.49. The average molecular weight is 551 g/mol. The van der Waals surface area contributed by atoms with Crippen molar-refractivity contribution >= 4 is 0 Å². The quantitative estimate of drug-likeness (QED) is 0.193. The van der Waals surface area contributed by atoms with Crippen LogP contribution in [-0.2, 0) is 30.5 Å². The number of unbranched alkanes of at least 4 members (excludes halogenated alkanes) is 1. The van der Waals surface area contributed by atoms with Crippen molar-refractivity contribution in [2.75, 3.05) is 19.8 Å². The molecule has 0 fully saturated rings. The Morgan fingerprint density at radius 3 is 1.60 bits per heavy atom. The maximum Gasteiger partial charge on any atom is 0.0514 e. The fourth-order valence-corrected chi connectivity index (χ4v) is 4.85. The van der Waals surface area contributed by atoms with Crippen LogP contribution in [0, 0.1) is 10.8 Å². The van der Waals surface area contributed by atoms with Crippen LogP contribution in [0.3, 0.4) is 0 Å². The van der Waals surface area contributed by atoms with E-state index < -0.39 is 0 Å². The molecule has 2 rings (SSSR count). The van der Waals surface area contributed by atoms with Crippen molar-refractivity contribution in [3.05, 3.63) is 70.8 Å². The first-order valence-corrected chi connectivity index (χ1v) is 15.8. The Hall–Kier alpha value is -1.68. The molecule has 40 heavy (non-hydrogen) atoms. The van der Waals surface area contributed by atoms with E-state index in [9.17, 15) is 0 Å². The lowest BCUT2D eigenvalue weighted by molar-refractivity contribution is 0.0733. The molecule has 3 heteroatoms. The fourth-order valence-electron chi connectivity index (χ4n) is 4.85. The van der Waals surface area contributed by atoms with Gasteiger partial charge in [-0.3, -0.25) is 0 Å². The number of hydrogen-bond donors (Lipinski definition) is 2. The zero-order valence-corrected chi connectivity index (χ0v) is 27.8. The van der Waals surface area contributed by atoms with Gasteiger partial charge in [-0.1, -0.05) is 90.1 Å². The molecule has 0 radical (unpaired) electrons. The molecule has 2 aromatic rings. The number of nitrogens with one attached hydrogen (secondary N) is 2. The van der Waals surface area contributed by atoms with Crippen LogP contribution in [0.15, 0.2) is 48.5 Å². The van der Waals surface area contributed by atoms with E-state index in [4.69, 9.17) is 4.74 Å². The molecule has 0 atom stereocenters. The second-order valence-electron chi connectivity index (χ2n) is 15.7. The van der Waals surface area contributed by atoms with E-state index in [0.717, 1.165) is 52.0 Å². The van der Waals surface area contributed by atoms with Gasteiger partial charge < -0.3 is 15.4 Å². The van der Waals surface area contributed by atoms with Gasteiger partial charge in [0.05, 0.1) is 13.2 Å². The Kier molecular flexibility index (Phi) is 13.4. The van der Waals surface area contributed by atoms with Crippen molar-refractivity contribution in [2.45, 2.75) is 132 Å². The SMILES string of the molecule is CC(C)(C)COCCc1ccc(CNC(C)(C)CCC(C)(C)NCCCCc2ccc(CC(C)(C)C)cc2)cc1. The van der Waals surface area contributed by atoms with Gasteiger partial charge in [0.15, 0.2) is 0 Å². The van der Waals surface area contributed by atoms with Gasteiger partial charge in [-0.25, -0.2) is 0 Å². The van der Waals surface area contributed by atoms with Gasteiger partial charge in [0.1, 0.15) is 0 Å². The van der Waals surface area contributed by atoms with Crippen LogP contribution in [0.4, 0.5) is 0 Å². The highest BCUT2D eigenvalue weighted by Crippen LogP contribution is 2.22. The number of hydrogen-bond acceptors (Lipinski definition) is 3. The van der Waals surface area contributed by atoms with Crippen LogP contribution >= 0.6 is 0 Å². The van der Waals surface area contributed by atoms with Crippen LogP contribution in [0.25, 0.3) is 0 Å². The minimum absolute atomic E-state index is 0.0948. The molecule has 0 saturated heterocycles. The summed E-state index contributed by atoms with van der Waals surface area (Å²) in [6.07, 6.45) is 8.01. The first-order valence-electron chi connectivity index (χ1n) is 15.8. The lowest BCUT2D eigenvalue weighted by Crippen LogP contribution is -2.45. The summed E-state index contributed by atoms with van der Waals surface area (Å²) in [5.74, 6) is 0. The molecule has 2 N–H and O–H groups in total. The first kappa shape index (κ1) is 34.5. The summed E-state index contributed by atoms with van der Waals surface area (Å²) in [6.45, 7) is 26.5. The van der Waals surface area contributed by atoms with Gasteiger partial charge in [0.25, 0.3) is 0 Å². The molecular weight excluding hydrogens is 488 g/mol. The Labute approximate surface area is 248 Å². The predicted molar refractivity (Wildman–Crippen MR) is 175 cm³/mol. The lowest BCUT2D eigenvalue weighted by Gasteiger charge is -2.33. The molecule has 0 spiro atoms. The van der Waals surface area contributed by atoms with Gasteiger partial charge in [-0.2, -0.15) is 0 Å². The maximum atomic E-state index is 5.83. The third-order valence-corrected chi connectivity index (χ3v) is 7.49. The van der Waals surface area contributed by atoms with Crippen LogP contribution < -0.4 is 10.6 Å². The third kappa shape index (κ3) is 15.9. The van der Waals surface area contributed by atoms with E-state index in [1.807, 2.05) is 0 Å². The molecular formula is C37H62N2O. The van der Waals surface area contributed by atoms with Crippen molar-refractivity contribution in [2.24, 2.45) is 10.8 Å². The minimum Gasteiger partial charge on any atom is -0.381 e. The monoisotopic (exact) mass is 550 g/mol. The maximum absolute atomic E-state index is 5.83. The molecule has 0 aliphatic rings. The van der Waals surface area contributed by atoms with E-state index in [0.29, 0.717) is 5.41 Å². The first-order chi connectivity index (χ1) is 18.5. The van der Waals surface area contributed by atoms with E-state index in [1.54, 1.807) is 0 Å². The van der Waals surface area contributed by atoms with Gasteiger partial charge in [0, 0.05) is 17.6 Å². The summed E-state index contributed by atoms with van der Waals surface area (Å²) in [4.78, 5) is 0. The van der Waals surface area contributed by atoms with Crippen LogP contribution in [-0.4, -0.2) is 30.8 Å². The molecule has 0 aromatic heterocycles. The molecule has 226 valence electrons. The van der Waals surface area contributed by atoms with E-state index >= 15 is 0 Å². The smallest absolute Gasteiger partial charge is 0.0514 e. The Bertz CT molecular complexity index is 959. The highest BCUT2D eigenvalue weighted by molar-refractivity contribution is 5.24. The fraction of sp³-hybridized carbons (Fsp3) is 0.676. The van der Waals surface area contributed by atoms with Crippen molar-refractivity contribution in [3.63, 3.8) is 0 Å². The van der Waals surface area contributed by atoms with Gasteiger partial charge in [0.2, 0.25) is 0 Å². The summed E-state index contributed by atoms with van der Waals surface area (Å²) in [5.41, 5.74) is 6.41. The number of ether oxygens (including phenoxy) is 1. The second kappa shape index (κ2) is 15.5. The molecule has 0 heterocycles. The normalized spacial score (nSPS) is 13.2. The second-order valence-corrected chi connectivity index (χ2v) is 15.7. The molecule has 2 aromatic carbocycles. The Morgan fingerprint density at radius 1 is 0.550 bits per heavy atom. The molecule has 0 bridgehead atoms. The topological polar surface area (TPSA) is 33.3 Å². The zero-order valence-electron chi connectivity index (χ0n) is 27.8. The minimum atomic E-state index is 0.0948. The van der Waals surface area contributed by atoms with Crippen LogP contribution in [0.2, 0.25) is 0 Å².